The monoisotopic (exact) mass is 618 g/mol. The zero-order chi connectivity index (χ0) is 32.2. The first-order valence-electron chi connectivity index (χ1n) is 17.6. The van der Waals surface area contributed by atoms with Crippen LogP contribution in [0.15, 0.2) is 30.3 Å². The summed E-state index contributed by atoms with van der Waals surface area (Å²) < 4.78 is 0. The summed E-state index contributed by atoms with van der Waals surface area (Å²) in [5.41, 5.74) is 3.15. The summed E-state index contributed by atoms with van der Waals surface area (Å²) in [5.74, 6) is 1.56. The molecule has 0 bridgehead atoms. The number of carbonyl (C=O) groups is 3. The van der Waals surface area contributed by atoms with Gasteiger partial charge in [0.25, 0.3) is 0 Å². The van der Waals surface area contributed by atoms with Crippen LogP contribution >= 0.6 is 0 Å². The highest BCUT2D eigenvalue weighted by Crippen LogP contribution is 2.73. The molecule has 7 heteroatoms. The molecule has 4 N–H and O–H groups in total. The molecule has 6 rings (SSSR count). The number of carboxylic acids is 2. The first-order valence-corrected chi connectivity index (χ1v) is 17.6. The van der Waals surface area contributed by atoms with E-state index in [1.807, 2.05) is 12.1 Å². The normalized spacial score (nSPS) is 38.1. The first-order chi connectivity index (χ1) is 21.3. The summed E-state index contributed by atoms with van der Waals surface area (Å²) in [6.45, 7) is 11.6. The summed E-state index contributed by atoms with van der Waals surface area (Å²) in [6.07, 6.45) is 14.1. The van der Waals surface area contributed by atoms with Crippen LogP contribution in [0.3, 0.4) is 0 Å². The SMILES string of the molecule is CC1(C)C(c2ccc(C(=O)O)cc2)=CCC2(C)C1CCC1(C)C3CCC4(C(=O)NCCNCCC(=O)O)CCCC4C3CCC12. The molecule has 0 heterocycles. The van der Waals surface area contributed by atoms with Gasteiger partial charge in [-0.05, 0) is 127 Å². The number of carboxylic acid groups (broad SMARTS) is 2. The highest BCUT2D eigenvalue weighted by Gasteiger charge is 2.66. The quantitative estimate of drug-likeness (QED) is 0.221. The average molecular weight is 619 g/mol. The Morgan fingerprint density at radius 2 is 1.56 bits per heavy atom. The number of benzene rings is 1. The number of hydrogen-bond acceptors (Lipinski definition) is 4. The molecule has 0 saturated heterocycles. The molecule has 1 amide bonds. The van der Waals surface area contributed by atoms with Crippen LogP contribution in [0.5, 0.6) is 0 Å². The molecule has 0 aliphatic heterocycles. The van der Waals surface area contributed by atoms with E-state index in [0.717, 1.165) is 37.7 Å². The number of amides is 1. The van der Waals surface area contributed by atoms with E-state index in [9.17, 15) is 19.5 Å². The molecule has 4 saturated carbocycles. The molecule has 5 aliphatic carbocycles. The molecule has 0 aromatic heterocycles. The molecule has 8 atom stereocenters. The fourth-order valence-electron chi connectivity index (χ4n) is 12.3. The van der Waals surface area contributed by atoms with Gasteiger partial charge in [-0.3, -0.25) is 9.59 Å². The van der Waals surface area contributed by atoms with Crippen LogP contribution in [0.25, 0.3) is 5.57 Å². The highest BCUT2D eigenvalue weighted by molar-refractivity contribution is 5.88. The Hall–Kier alpha value is -2.67. The topological polar surface area (TPSA) is 116 Å². The van der Waals surface area contributed by atoms with Gasteiger partial charge >= 0.3 is 11.9 Å². The van der Waals surface area contributed by atoms with Gasteiger partial charge in [0.15, 0.2) is 0 Å². The third-order valence-corrected chi connectivity index (χ3v) is 14.1. The van der Waals surface area contributed by atoms with E-state index >= 15 is 0 Å². The highest BCUT2D eigenvalue weighted by atomic mass is 16.4. The molecule has 7 nitrogen and oxygen atoms in total. The summed E-state index contributed by atoms with van der Waals surface area (Å²) in [6, 6.07) is 7.49. The van der Waals surface area contributed by atoms with Crippen LogP contribution < -0.4 is 10.6 Å². The fourth-order valence-corrected chi connectivity index (χ4v) is 12.3. The Labute approximate surface area is 269 Å². The molecular formula is C38H54N2O5. The second-order valence-electron chi connectivity index (χ2n) is 16.3. The molecule has 0 radical (unpaired) electrons. The summed E-state index contributed by atoms with van der Waals surface area (Å²) in [5, 5.41) is 24.7. The van der Waals surface area contributed by atoms with Crippen molar-refractivity contribution in [1.29, 1.82) is 0 Å². The Morgan fingerprint density at radius 3 is 2.27 bits per heavy atom. The Kier molecular flexibility index (Phi) is 8.50. The molecule has 246 valence electrons. The van der Waals surface area contributed by atoms with Gasteiger partial charge in [0.05, 0.1) is 17.4 Å². The van der Waals surface area contributed by atoms with Crippen molar-refractivity contribution in [3.8, 4) is 0 Å². The zero-order valence-electron chi connectivity index (χ0n) is 27.8. The van der Waals surface area contributed by atoms with Gasteiger partial charge in [-0.1, -0.05) is 52.3 Å². The zero-order valence-corrected chi connectivity index (χ0v) is 27.8. The van der Waals surface area contributed by atoms with Crippen LogP contribution in [-0.4, -0.2) is 47.7 Å². The molecule has 4 fully saturated rings. The number of fused-ring (bicyclic) bond motifs is 7. The third-order valence-electron chi connectivity index (χ3n) is 14.1. The van der Waals surface area contributed by atoms with Crippen LogP contribution in [0.2, 0.25) is 0 Å². The van der Waals surface area contributed by atoms with Gasteiger partial charge in [-0.2, -0.15) is 0 Å². The van der Waals surface area contributed by atoms with E-state index in [1.54, 1.807) is 12.1 Å². The number of hydrogen-bond donors (Lipinski definition) is 4. The lowest BCUT2D eigenvalue weighted by atomic mass is 9.36. The number of carbonyl (C=O) groups excluding carboxylic acids is 1. The maximum Gasteiger partial charge on any atom is 0.335 e. The minimum absolute atomic E-state index is 0.00363. The van der Waals surface area contributed by atoms with Gasteiger partial charge in [0, 0.05) is 19.6 Å². The van der Waals surface area contributed by atoms with E-state index in [0.29, 0.717) is 54.8 Å². The van der Waals surface area contributed by atoms with Gasteiger partial charge in [0.1, 0.15) is 0 Å². The Morgan fingerprint density at radius 1 is 0.800 bits per heavy atom. The molecule has 8 unspecified atom stereocenters. The van der Waals surface area contributed by atoms with Crippen molar-refractivity contribution >= 4 is 23.4 Å². The number of nitrogens with one attached hydrogen (secondary N) is 2. The minimum Gasteiger partial charge on any atom is -0.481 e. The van der Waals surface area contributed by atoms with Gasteiger partial charge in [-0.15, -0.1) is 0 Å². The first kappa shape index (κ1) is 32.3. The van der Waals surface area contributed by atoms with Crippen molar-refractivity contribution in [1.82, 2.24) is 10.6 Å². The van der Waals surface area contributed by atoms with Crippen LogP contribution in [0.1, 0.15) is 114 Å². The van der Waals surface area contributed by atoms with E-state index < -0.39 is 11.9 Å². The van der Waals surface area contributed by atoms with E-state index in [1.165, 1.54) is 37.7 Å². The third kappa shape index (κ3) is 5.25. The second-order valence-corrected chi connectivity index (χ2v) is 16.3. The van der Waals surface area contributed by atoms with Crippen molar-refractivity contribution in [2.75, 3.05) is 19.6 Å². The lowest BCUT2D eigenvalue weighted by Gasteiger charge is -2.68. The Bertz CT molecular complexity index is 1350. The largest absolute Gasteiger partial charge is 0.481 e. The maximum atomic E-state index is 13.8. The van der Waals surface area contributed by atoms with Crippen molar-refractivity contribution in [2.24, 2.45) is 51.2 Å². The number of allylic oxidation sites excluding steroid dienone is 2. The van der Waals surface area contributed by atoms with Gasteiger partial charge < -0.3 is 20.8 Å². The number of rotatable bonds is 9. The molecule has 5 aliphatic rings. The fraction of sp³-hybridized carbons (Fsp3) is 0.711. The molecule has 1 aromatic carbocycles. The van der Waals surface area contributed by atoms with Gasteiger partial charge in [-0.25, -0.2) is 4.79 Å². The second kappa shape index (κ2) is 11.8. The number of aliphatic carboxylic acids is 1. The van der Waals surface area contributed by atoms with E-state index in [4.69, 9.17) is 5.11 Å². The number of aromatic carboxylic acids is 1. The van der Waals surface area contributed by atoms with Gasteiger partial charge in [0.2, 0.25) is 5.91 Å². The predicted molar refractivity (Wildman–Crippen MR) is 176 cm³/mol. The van der Waals surface area contributed by atoms with Crippen molar-refractivity contribution in [3.05, 3.63) is 41.5 Å². The smallest absolute Gasteiger partial charge is 0.335 e. The predicted octanol–water partition coefficient (Wildman–Crippen LogP) is 7.02. The lowest BCUT2D eigenvalue weighted by Crippen LogP contribution is -2.62. The van der Waals surface area contributed by atoms with Crippen molar-refractivity contribution < 1.29 is 24.6 Å². The van der Waals surface area contributed by atoms with Crippen LogP contribution in [-0.2, 0) is 9.59 Å². The maximum absolute atomic E-state index is 13.8. The summed E-state index contributed by atoms with van der Waals surface area (Å²) >= 11 is 0. The van der Waals surface area contributed by atoms with E-state index in [2.05, 4.69) is 44.4 Å². The van der Waals surface area contributed by atoms with Crippen molar-refractivity contribution in [2.45, 2.75) is 98.3 Å². The van der Waals surface area contributed by atoms with Crippen molar-refractivity contribution in [3.63, 3.8) is 0 Å². The minimum atomic E-state index is -0.881. The molecule has 1 aromatic rings. The molecular weight excluding hydrogens is 564 g/mol. The van der Waals surface area contributed by atoms with E-state index in [-0.39, 0.29) is 34.0 Å². The average Bonchev–Trinajstić information content (AvgIpc) is 3.44. The summed E-state index contributed by atoms with van der Waals surface area (Å²) in [4.78, 5) is 36.1. The standard InChI is InChI=1S/C38H54N2O5/c1-35(2)27(24-7-9-25(10-8-24)33(43)44)13-18-37(4)30(35)15-19-36(3)28-14-20-38(34(45)40-23-22-39-21-16-32(41)42)17-5-6-29(38)26(28)11-12-31(36)37/h7-10,13,26,28-31,39H,5-6,11-12,14-23H2,1-4H3,(H,40,45)(H,41,42)(H,43,44). The summed E-state index contributed by atoms with van der Waals surface area (Å²) in [7, 11) is 0. The lowest BCUT2D eigenvalue weighted by molar-refractivity contribution is -0.181. The molecule has 0 spiro atoms. The van der Waals surface area contributed by atoms with Crippen LogP contribution in [0.4, 0.5) is 0 Å². The Balaban J connectivity index is 1.18. The molecule has 45 heavy (non-hydrogen) atoms. The van der Waals surface area contributed by atoms with Crippen LogP contribution in [0, 0.1) is 51.2 Å².